The summed E-state index contributed by atoms with van der Waals surface area (Å²) in [7, 11) is 0. The Kier molecular flexibility index (Phi) is 5.92. The molecule has 0 amide bonds. The number of nitriles is 1. The third-order valence-corrected chi connectivity index (χ3v) is 5.10. The fourth-order valence-electron chi connectivity index (χ4n) is 3.86. The van der Waals surface area contributed by atoms with Crippen LogP contribution < -0.4 is 0 Å². The third kappa shape index (κ3) is 4.35. The summed E-state index contributed by atoms with van der Waals surface area (Å²) in [5.74, 6) is 2.95. The van der Waals surface area contributed by atoms with Gasteiger partial charge in [0.1, 0.15) is 0 Å². The second-order valence-electron chi connectivity index (χ2n) is 6.35. The van der Waals surface area contributed by atoms with Crippen molar-refractivity contribution in [2.45, 2.75) is 51.4 Å². The molecule has 0 heterocycles. The van der Waals surface area contributed by atoms with Crippen molar-refractivity contribution >= 4 is 0 Å². The smallest absolute Gasteiger partial charge is 0.0655 e. The van der Waals surface area contributed by atoms with Gasteiger partial charge >= 0.3 is 0 Å². The van der Waals surface area contributed by atoms with Crippen LogP contribution in [0.5, 0.6) is 0 Å². The van der Waals surface area contributed by atoms with Crippen LogP contribution in [0.4, 0.5) is 0 Å². The quantitative estimate of drug-likeness (QED) is 0.545. The Morgan fingerprint density at radius 3 is 2.11 bits per heavy atom. The van der Waals surface area contributed by atoms with Crippen LogP contribution in [0, 0.1) is 35.0 Å². The van der Waals surface area contributed by atoms with Gasteiger partial charge in [-0.1, -0.05) is 6.08 Å². The van der Waals surface area contributed by atoms with Crippen molar-refractivity contribution < 1.29 is 4.74 Å². The molecule has 0 spiro atoms. The van der Waals surface area contributed by atoms with Gasteiger partial charge in [0.05, 0.1) is 12.7 Å². The number of hydrogen-bond donors (Lipinski definition) is 0. The lowest BCUT2D eigenvalue weighted by Gasteiger charge is -2.36. The minimum absolute atomic E-state index is 0.347. The summed E-state index contributed by atoms with van der Waals surface area (Å²) in [5.41, 5.74) is 0. The molecule has 2 fully saturated rings. The first-order chi connectivity index (χ1) is 9.33. The van der Waals surface area contributed by atoms with Gasteiger partial charge in [0.2, 0.25) is 0 Å². The summed E-state index contributed by atoms with van der Waals surface area (Å²) < 4.78 is 5.58. The highest BCUT2D eigenvalue weighted by Gasteiger charge is 2.30. The zero-order valence-electron chi connectivity index (χ0n) is 12.0. The van der Waals surface area contributed by atoms with E-state index in [1.165, 1.54) is 38.5 Å². The van der Waals surface area contributed by atoms with E-state index in [9.17, 15) is 0 Å². The molecule has 0 atom stereocenters. The van der Waals surface area contributed by atoms with Crippen LogP contribution in [0.25, 0.3) is 0 Å². The molecule has 2 aliphatic carbocycles. The van der Waals surface area contributed by atoms with Crippen molar-refractivity contribution in [3.8, 4) is 6.07 Å². The molecule has 0 aromatic carbocycles. The van der Waals surface area contributed by atoms with E-state index >= 15 is 0 Å². The lowest BCUT2D eigenvalue weighted by molar-refractivity contribution is 0.0802. The van der Waals surface area contributed by atoms with Gasteiger partial charge in [0.25, 0.3) is 0 Å². The van der Waals surface area contributed by atoms with E-state index in [4.69, 9.17) is 10.00 Å². The summed E-state index contributed by atoms with van der Waals surface area (Å²) in [6, 6.07) is 2.44. The Morgan fingerprint density at radius 2 is 1.58 bits per heavy atom. The molecule has 2 saturated carbocycles. The first-order valence-electron chi connectivity index (χ1n) is 7.91. The highest BCUT2D eigenvalue weighted by molar-refractivity contribution is 4.89. The largest absolute Gasteiger partial charge is 0.377 e. The van der Waals surface area contributed by atoms with Crippen molar-refractivity contribution in [3.63, 3.8) is 0 Å². The van der Waals surface area contributed by atoms with Gasteiger partial charge in [0.15, 0.2) is 0 Å². The van der Waals surface area contributed by atoms with Crippen LogP contribution in [0.15, 0.2) is 12.7 Å². The van der Waals surface area contributed by atoms with Crippen LogP contribution in [0.2, 0.25) is 0 Å². The van der Waals surface area contributed by atoms with Crippen LogP contribution in [0.3, 0.4) is 0 Å². The summed E-state index contributed by atoms with van der Waals surface area (Å²) in [4.78, 5) is 0. The molecule has 0 saturated heterocycles. The lowest BCUT2D eigenvalue weighted by atomic mass is 9.69. The number of rotatable bonds is 5. The summed E-state index contributed by atoms with van der Waals surface area (Å²) in [5, 5.41) is 8.95. The topological polar surface area (TPSA) is 33.0 Å². The second kappa shape index (κ2) is 7.70. The molecule has 2 heteroatoms. The van der Waals surface area contributed by atoms with E-state index in [-0.39, 0.29) is 0 Å². The molecule has 0 aromatic heterocycles. The molecule has 0 N–H and O–H groups in total. The Morgan fingerprint density at radius 1 is 1.00 bits per heavy atom. The molecular formula is C17H27NO. The normalized spacial score (nSPS) is 35.5. The predicted octanol–water partition coefficient (Wildman–Crippen LogP) is 4.33. The molecular weight excluding hydrogens is 234 g/mol. The standard InChI is InChI=1S/C17H27NO/c1-2-11-19-13-15-5-9-17(10-6-15)16-7-3-14(12-18)4-8-16/h2,14-17H,1,3-11,13H2/t14-,15-,16-,17-. The van der Waals surface area contributed by atoms with Gasteiger partial charge < -0.3 is 4.74 Å². The van der Waals surface area contributed by atoms with Crippen molar-refractivity contribution in [2.75, 3.05) is 13.2 Å². The van der Waals surface area contributed by atoms with Gasteiger partial charge in [-0.15, -0.1) is 6.58 Å². The van der Waals surface area contributed by atoms with Crippen molar-refractivity contribution in [1.82, 2.24) is 0 Å². The van der Waals surface area contributed by atoms with E-state index in [0.717, 1.165) is 37.2 Å². The van der Waals surface area contributed by atoms with Crippen molar-refractivity contribution in [3.05, 3.63) is 12.7 Å². The van der Waals surface area contributed by atoms with Crippen LogP contribution >= 0.6 is 0 Å². The maximum atomic E-state index is 8.95. The Bertz CT molecular complexity index is 304. The van der Waals surface area contributed by atoms with E-state index in [2.05, 4.69) is 12.6 Å². The van der Waals surface area contributed by atoms with Gasteiger partial charge in [-0.2, -0.15) is 5.26 Å². The van der Waals surface area contributed by atoms with Crippen LogP contribution in [-0.4, -0.2) is 13.2 Å². The highest BCUT2D eigenvalue weighted by atomic mass is 16.5. The maximum Gasteiger partial charge on any atom is 0.0655 e. The Balaban J connectivity index is 1.66. The number of hydrogen-bond acceptors (Lipinski definition) is 2. The lowest BCUT2D eigenvalue weighted by Crippen LogP contribution is -2.26. The average Bonchev–Trinajstić information content (AvgIpc) is 2.48. The van der Waals surface area contributed by atoms with Crippen molar-refractivity contribution in [2.24, 2.45) is 23.7 Å². The molecule has 19 heavy (non-hydrogen) atoms. The van der Waals surface area contributed by atoms with Crippen LogP contribution in [0.1, 0.15) is 51.4 Å². The summed E-state index contributed by atoms with van der Waals surface area (Å²) in [6.07, 6.45) is 12.1. The third-order valence-electron chi connectivity index (χ3n) is 5.10. The van der Waals surface area contributed by atoms with Gasteiger partial charge in [-0.3, -0.25) is 0 Å². The molecule has 0 unspecified atom stereocenters. The van der Waals surface area contributed by atoms with Gasteiger partial charge in [0, 0.05) is 12.5 Å². The molecule has 0 aromatic rings. The number of nitrogens with zero attached hydrogens (tertiary/aromatic N) is 1. The predicted molar refractivity (Wildman–Crippen MR) is 77.5 cm³/mol. The van der Waals surface area contributed by atoms with E-state index in [1.807, 2.05) is 6.08 Å². The molecule has 0 bridgehead atoms. The molecule has 106 valence electrons. The average molecular weight is 261 g/mol. The van der Waals surface area contributed by atoms with Gasteiger partial charge in [-0.05, 0) is 69.1 Å². The second-order valence-corrected chi connectivity index (χ2v) is 6.35. The molecule has 2 rings (SSSR count). The molecule has 0 radical (unpaired) electrons. The van der Waals surface area contributed by atoms with E-state index in [1.54, 1.807) is 0 Å². The first-order valence-corrected chi connectivity index (χ1v) is 7.91. The first kappa shape index (κ1) is 14.6. The zero-order valence-corrected chi connectivity index (χ0v) is 12.0. The Labute approximate surface area is 117 Å². The van der Waals surface area contributed by atoms with E-state index in [0.29, 0.717) is 12.5 Å². The monoisotopic (exact) mass is 261 g/mol. The molecule has 0 aliphatic heterocycles. The minimum Gasteiger partial charge on any atom is -0.377 e. The zero-order chi connectivity index (χ0) is 13.5. The molecule has 2 nitrogen and oxygen atoms in total. The SMILES string of the molecule is C=CCOC[C@H]1CC[C@H]([C@H]2CC[C@H](C#N)CC2)CC1. The fraction of sp³-hybridized carbons (Fsp3) is 0.824. The maximum absolute atomic E-state index is 8.95. The fourth-order valence-corrected chi connectivity index (χ4v) is 3.86. The van der Waals surface area contributed by atoms with E-state index < -0.39 is 0 Å². The molecule has 2 aliphatic rings. The summed E-state index contributed by atoms with van der Waals surface area (Å²) >= 11 is 0. The Hall–Kier alpha value is -0.810. The van der Waals surface area contributed by atoms with Gasteiger partial charge in [-0.25, -0.2) is 0 Å². The minimum atomic E-state index is 0.347. The van der Waals surface area contributed by atoms with Crippen LogP contribution in [-0.2, 0) is 4.74 Å². The number of ether oxygens (including phenoxy) is 1. The highest BCUT2D eigenvalue weighted by Crippen LogP contribution is 2.41. The summed E-state index contributed by atoms with van der Waals surface area (Å²) in [6.45, 7) is 5.29. The van der Waals surface area contributed by atoms with Crippen molar-refractivity contribution in [1.29, 1.82) is 5.26 Å².